The third-order valence-corrected chi connectivity index (χ3v) is 6.45. The summed E-state index contributed by atoms with van der Waals surface area (Å²) < 4.78 is 58.0. The molecule has 180 valence electrons. The summed E-state index contributed by atoms with van der Waals surface area (Å²) in [6.45, 7) is 2.39. The van der Waals surface area contributed by atoms with E-state index in [1.54, 1.807) is 38.3 Å². The van der Waals surface area contributed by atoms with E-state index < -0.39 is 30.0 Å². The third kappa shape index (κ3) is 4.76. The van der Waals surface area contributed by atoms with Crippen molar-refractivity contribution in [3.8, 4) is 11.5 Å². The van der Waals surface area contributed by atoms with Crippen molar-refractivity contribution in [2.75, 3.05) is 25.7 Å². The van der Waals surface area contributed by atoms with Crippen LogP contribution >= 0.6 is 0 Å². The maximum absolute atomic E-state index is 14.0. The summed E-state index contributed by atoms with van der Waals surface area (Å²) in [7, 11) is 3.11. The predicted molar refractivity (Wildman–Crippen MR) is 115 cm³/mol. The van der Waals surface area contributed by atoms with E-state index in [0.29, 0.717) is 31.1 Å². The van der Waals surface area contributed by atoms with Crippen molar-refractivity contribution in [1.82, 2.24) is 0 Å². The molecular formula is C24H28F3NO5. The Morgan fingerprint density at radius 3 is 2.18 bits per heavy atom. The van der Waals surface area contributed by atoms with Crippen LogP contribution in [0.25, 0.3) is 0 Å². The highest BCUT2D eigenvalue weighted by atomic mass is 19.4. The molecule has 0 bridgehead atoms. The smallest absolute Gasteiger partial charge is 0.408 e. The van der Waals surface area contributed by atoms with Crippen LogP contribution < -0.4 is 14.4 Å². The zero-order valence-electron chi connectivity index (χ0n) is 18.8. The Labute approximate surface area is 191 Å². The third-order valence-electron chi connectivity index (χ3n) is 6.45. The molecule has 0 amide bonds. The molecule has 2 saturated heterocycles. The first kappa shape index (κ1) is 23.7. The highest BCUT2D eigenvalue weighted by molar-refractivity contribution is 5.54. The number of hydrogen-bond donors (Lipinski definition) is 0. The second-order valence-electron chi connectivity index (χ2n) is 8.43. The largest absolute Gasteiger partial charge is 0.497 e. The SMILES string of the molecule is COc1ccc(COCC[C@H]2OO[C@]3(C)[C@H]2C[C@@H](C(F)(F)F)N3c2ccc(OC)cc2)cc1. The van der Waals surface area contributed by atoms with E-state index in [1.165, 1.54) is 12.0 Å². The lowest BCUT2D eigenvalue weighted by Crippen LogP contribution is -2.52. The predicted octanol–water partition coefficient (Wildman–Crippen LogP) is 5.11. The molecule has 33 heavy (non-hydrogen) atoms. The Bertz CT molecular complexity index is 921. The highest BCUT2D eigenvalue weighted by Crippen LogP contribution is 2.53. The Morgan fingerprint density at radius 2 is 1.61 bits per heavy atom. The van der Waals surface area contributed by atoms with Gasteiger partial charge in [0.15, 0.2) is 5.72 Å². The second-order valence-corrected chi connectivity index (χ2v) is 8.43. The van der Waals surface area contributed by atoms with E-state index in [-0.39, 0.29) is 6.42 Å². The van der Waals surface area contributed by atoms with Crippen molar-refractivity contribution >= 4 is 5.69 Å². The van der Waals surface area contributed by atoms with E-state index >= 15 is 0 Å². The monoisotopic (exact) mass is 467 g/mol. The molecule has 4 atom stereocenters. The number of nitrogens with zero attached hydrogens (tertiary/aromatic N) is 1. The summed E-state index contributed by atoms with van der Waals surface area (Å²) in [6.07, 6.45) is -4.60. The number of hydrogen-bond acceptors (Lipinski definition) is 6. The number of rotatable bonds is 8. The standard InChI is InChI=1S/C24H28F3NO5/c1-23-20(14-22(24(25,26)27)28(23)17-6-10-19(30-3)11-7-17)21(32-33-23)12-13-31-15-16-4-8-18(29-2)9-5-16/h4-11,20-22H,12-15H2,1-3H3/t20-,21+,22-,23+/m0/s1. The van der Waals surface area contributed by atoms with Crippen LogP contribution in [-0.4, -0.2) is 44.9 Å². The highest BCUT2D eigenvalue weighted by Gasteiger charge is 2.65. The molecule has 0 aromatic heterocycles. The van der Waals surface area contributed by atoms with Crippen LogP contribution in [0, 0.1) is 5.92 Å². The molecule has 0 unspecified atom stereocenters. The van der Waals surface area contributed by atoms with Gasteiger partial charge in [-0.05, 0) is 55.3 Å². The van der Waals surface area contributed by atoms with E-state index in [0.717, 1.165) is 11.3 Å². The Hall–Kier alpha value is -2.49. The molecule has 0 aliphatic carbocycles. The Morgan fingerprint density at radius 1 is 1.00 bits per heavy atom. The summed E-state index contributed by atoms with van der Waals surface area (Å²) in [6, 6.07) is 12.3. The molecule has 0 saturated carbocycles. The van der Waals surface area contributed by atoms with Crippen molar-refractivity contribution in [2.45, 2.75) is 50.4 Å². The average Bonchev–Trinajstić information content (AvgIpc) is 3.29. The number of halogens is 3. The molecule has 0 radical (unpaired) electrons. The summed E-state index contributed by atoms with van der Waals surface area (Å²) in [5.41, 5.74) is 0.145. The number of methoxy groups -OCH3 is 2. The second kappa shape index (κ2) is 9.40. The zero-order chi connectivity index (χ0) is 23.6. The molecular weight excluding hydrogens is 439 g/mol. The fourth-order valence-electron chi connectivity index (χ4n) is 4.70. The fourth-order valence-corrected chi connectivity index (χ4v) is 4.70. The van der Waals surface area contributed by atoms with Gasteiger partial charge >= 0.3 is 6.18 Å². The van der Waals surface area contributed by atoms with Crippen LogP contribution in [0.1, 0.15) is 25.3 Å². The van der Waals surface area contributed by atoms with E-state index in [4.69, 9.17) is 24.0 Å². The summed E-state index contributed by atoms with van der Waals surface area (Å²) in [4.78, 5) is 12.4. The minimum atomic E-state index is -4.41. The summed E-state index contributed by atoms with van der Waals surface area (Å²) in [5.74, 6) is 0.867. The topological polar surface area (TPSA) is 49.4 Å². The van der Waals surface area contributed by atoms with Gasteiger partial charge in [0.25, 0.3) is 0 Å². The zero-order valence-corrected chi connectivity index (χ0v) is 18.8. The number of benzene rings is 2. The lowest BCUT2D eigenvalue weighted by atomic mass is 9.90. The van der Waals surface area contributed by atoms with Gasteiger partial charge in [0.2, 0.25) is 0 Å². The van der Waals surface area contributed by atoms with Gasteiger partial charge in [0, 0.05) is 24.6 Å². The normalized spacial score (nSPS) is 27.0. The van der Waals surface area contributed by atoms with Crippen LogP contribution in [0.4, 0.5) is 18.9 Å². The first-order valence-electron chi connectivity index (χ1n) is 10.8. The van der Waals surface area contributed by atoms with Gasteiger partial charge in [-0.15, -0.1) is 0 Å². The van der Waals surface area contributed by atoms with Crippen LogP contribution in [0.5, 0.6) is 11.5 Å². The number of fused-ring (bicyclic) bond motifs is 1. The lowest BCUT2D eigenvalue weighted by molar-refractivity contribution is -0.326. The number of anilines is 1. The van der Waals surface area contributed by atoms with Crippen molar-refractivity contribution in [1.29, 1.82) is 0 Å². The number of alkyl halides is 3. The molecule has 2 aliphatic heterocycles. The van der Waals surface area contributed by atoms with Crippen LogP contribution in [0.3, 0.4) is 0 Å². The molecule has 6 nitrogen and oxygen atoms in total. The molecule has 2 fully saturated rings. The molecule has 4 rings (SSSR count). The van der Waals surface area contributed by atoms with Gasteiger partial charge in [-0.25, -0.2) is 9.78 Å². The molecule has 0 N–H and O–H groups in total. The van der Waals surface area contributed by atoms with Crippen LogP contribution in [-0.2, 0) is 21.1 Å². The van der Waals surface area contributed by atoms with Crippen LogP contribution in [0.2, 0.25) is 0 Å². The molecule has 0 spiro atoms. The maximum atomic E-state index is 14.0. The number of ether oxygens (including phenoxy) is 3. The average molecular weight is 467 g/mol. The molecule has 2 aromatic rings. The Balaban J connectivity index is 1.42. The minimum absolute atomic E-state index is 0.116. The summed E-state index contributed by atoms with van der Waals surface area (Å²) in [5, 5.41) is 0. The molecule has 2 aliphatic rings. The van der Waals surface area contributed by atoms with Gasteiger partial charge in [-0.1, -0.05) is 12.1 Å². The first-order valence-corrected chi connectivity index (χ1v) is 10.8. The summed E-state index contributed by atoms with van der Waals surface area (Å²) >= 11 is 0. The van der Waals surface area contributed by atoms with Gasteiger partial charge in [0.05, 0.1) is 20.8 Å². The van der Waals surface area contributed by atoms with Crippen molar-refractivity contribution < 1.29 is 37.2 Å². The maximum Gasteiger partial charge on any atom is 0.408 e. The quantitative estimate of drug-likeness (QED) is 0.397. The van der Waals surface area contributed by atoms with E-state index in [9.17, 15) is 13.2 Å². The van der Waals surface area contributed by atoms with Crippen LogP contribution in [0.15, 0.2) is 48.5 Å². The van der Waals surface area contributed by atoms with E-state index in [1.807, 2.05) is 24.3 Å². The van der Waals surface area contributed by atoms with Crippen molar-refractivity contribution in [3.05, 3.63) is 54.1 Å². The van der Waals surface area contributed by atoms with Gasteiger partial charge in [-0.3, -0.25) is 0 Å². The first-order chi connectivity index (χ1) is 15.8. The van der Waals surface area contributed by atoms with Gasteiger partial charge < -0.3 is 19.1 Å². The van der Waals surface area contributed by atoms with E-state index in [2.05, 4.69) is 0 Å². The van der Waals surface area contributed by atoms with Crippen molar-refractivity contribution in [2.24, 2.45) is 5.92 Å². The van der Waals surface area contributed by atoms with Gasteiger partial charge in [-0.2, -0.15) is 13.2 Å². The molecule has 2 heterocycles. The minimum Gasteiger partial charge on any atom is -0.497 e. The molecule has 2 aromatic carbocycles. The lowest BCUT2D eigenvalue weighted by Gasteiger charge is -2.38. The van der Waals surface area contributed by atoms with Crippen molar-refractivity contribution in [3.63, 3.8) is 0 Å². The van der Waals surface area contributed by atoms with Gasteiger partial charge in [0.1, 0.15) is 23.6 Å². The fraction of sp³-hybridized carbons (Fsp3) is 0.500. The molecule has 9 heteroatoms. The Kier molecular flexibility index (Phi) is 6.74.